The van der Waals surface area contributed by atoms with Gasteiger partial charge in [-0.2, -0.15) is 0 Å². The molecule has 0 aliphatic carbocycles. The number of halogens is 1. The lowest BCUT2D eigenvalue weighted by atomic mass is 9.91. The number of carbonyl (C=O) groups is 1. The summed E-state index contributed by atoms with van der Waals surface area (Å²) in [7, 11) is 0. The van der Waals surface area contributed by atoms with Crippen LogP contribution in [0.4, 0.5) is 0 Å². The molecule has 2 aromatic carbocycles. The molecule has 2 atom stereocenters. The predicted molar refractivity (Wildman–Crippen MR) is 99.6 cm³/mol. The van der Waals surface area contributed by atoms with E-state index in [1.165, 1.54) is 0 Å². The third kappa shape index (κ3) is 4.80. The number of hydrogen-bond donors (Lipinski definition) is 3. The zero-order valence-corrected chi connectivity index (χ0v) is 15.1. The van der Waals surface area contributed by atoms with E-state index in [1.54, 1.807) is 0 Å². The van der Waals surface area contributed by atoms with Crippen LogP contribution in [0.3, 0.4) is 0 Å². The molecule has 134 valence electrons. The Hall–Kier alpha value is -1.92. The lowest BCUT2D eigenvalue weighted by Gasteiger charge is -2.38. The van der Waals surface area contributed by atoms with Gasteiger partial charge in [-0.25, -0.2) is 0 Å². The molecule has 0 bridgehead atoms. The number of ether oxygens (including phenoxy) is 1. The molecular weight excluding hydrogens is 340 g/mol. The van der Waals surface area contributed by atoms with Gasteiger partial charge in [0.05, 0.1) is 0 Å². The van der Waals surface area contributed by atoms with Crippen molar-refractivity contribution in [1.29, 1.82) is 0 Å². The van der Waals surface area contributed by atoms with E-state index in [0.717, 1.165) is 33.8 Å². The van der Waals surface area contributed by atoms with Gasteiger partial charge >= 0.3 is 0 Å². The Labute approximate surface area is 152 Å². The van der Waals surface area contributed by atoms with Gasteiger partial charge in [-0.15, -0.1) is 0 Å². The van der Waals surface area contributed by atoms with E-state index in [-0.39, 0.29) is 12.7 Å². The standard InChI is InChI=1S/C18H21ClN2O.CH2O2/c1-12-6-7-14(9-16(12)19)13-4-3-5-15(8-13)18(2)11-21-10-17(20)22-18;2-1-3/h3-9,17,21H,10-11,20H2,1-2H3;1H,(H,2,3). The normalized spacial score (nSPS) is 22.6. The van der Waals surface area contributed by atoms with Crippen LogP contribution in [0.15, 0.2) is 42.5 Å². The Morgan fingerprint density at radius 2 is 2.00 bits per heavy atom. The van der Waals surface area contributed by atoms with Gasteiger partial charge in [0, 0.05) is 18.1 Å². The molecular formula is C19H23ClN2O3. The molecule has 5 nitrogen and oxygen atoms in total. The molecule has 1 aliphatic rings. The maximum absolute atomic E-state index is 8.36. The number of morpholine rings is 1. The van der Waals surface area contributed by atoms with Crippen LogP contribution in [0, 0.1) is 6.92 Å². The van der Waals surface area contributed by atoms with E-state index in [1.807, 2.05) is 25.1 Å². The fourth-order valence-electron chi connectivity index (χ4n) is 2.84. The summed E-state index contributed by atoms with van der Waals surface area (Å²) in [5, 5.41) is 11.0. The van der Waals surface area contributed by atoms with Gasteiger partial charge in [-0.3, -0.25) is 4.79 Å². The zero-order chi connectivity index (χ0) is 18.4. The highest BCUT2D eigenvalue weighted by Crippen LogP contribution is 2.32. The monoisotopic (exact) mass is 362 g/mol. The van der Waals surface area contributed by atoms with Crippen LogP contribution in [0.5, 0.6) is 0 Å². The van der Waals surface area contributed by atoms with Crippen molar-refractivity contribution < 1.29 is 14.6 Å². The van der Waals surface area contributed by atoms with Crippen molar-refractivity contribution in [1.82, 2.24) is 5.32 Å². The van der Waals surface area contributed by atoms with Gasteiger partial charge in [0.1, 0.15) is 11.8 Å². The molecule has 0 amide bonds. The van der Waals surface area contributed by atoms with Crippen LogP contribution in [0.25, 0.3) is 11.1 Å². The lowest BCUT2D eigenvalue weighted by Crippen LogP contribution is -2.53. The number of aryl methyl sites for hydroxylation is 1. The Morgan fingerprint density at radius 1 is 1.32 bits per heavy atom. The second-order valence-corrected chi connectivity index (χ2v) is 6.58. The van der Waals surface area contributed by atoms with E-state index >= 15 is 0 Å². The Kier molecular flexibility index (Phi) is 6.56. The summed E-state index contributed by atoms with van der Waals surface area (Å²) < 4.78 is 5.98. The average Bonchev–Trinajstić information content (AvgIpc) is 2.58. The van der Waals surface area contributed by atoms with Gasteiger partial charge in [0.25, 0.3) is 6.47 Å². The summed E-state index contributed by atoms with van der Waals surface area (Å²) in [6, 6.07) is 14.5. The third-order valence-electron chi connectivity index (χ3n) is 4.20. The van der Waals surface area contributed by atoms with Crippen LogP contribution in [0.1, 0.15) is 18.1 Å². The molecule has 1 aliphatic heterocycles. The predicted octanol–water partition coefficient (Wildman–Crippen LogP) is 3.14. The highest BCUT2D eigenvalue weighted by atomic mass is 35.5. The maximum Gasteiger partial charge on any atom is 0.290 e. The minimum atomic E-state index is -0.415. The minimum absolute atomic E-state index is 0.250. The molecule has 0 spiro atoms. The Morgan fingerprint density at radius 3 is 2.64 bits per heavy atom. The van der Waals surface area contributed by atoms with Gasteiger partial charge < -0.3 is 20.9 Å². The molecule has 0 aromatic heterocycles. The Bertz CT molecular complexity index is 738. The fraction of sp³-hybridized carbons (Fsp3) is 0.316. The largest absolute Gasteiger partial charge is 0.483 e. The topological polar surface area (TPSA) is 84.6 Å². The smallest absolute Gasteiger partial charge is 0.290 e. The van der Waals surface area contributed by atoms with E-state index in [9.17, 15) is 0 Å². The first-order chi connectivity index (χ1) is 11.9. The van der Waals surface area contributed by atoms with Gasteiger partial charge in [0.2, 0.25) is 0 Å². The number of hydrogen-bond acceptors (Lipinski definition) is 4. The highest BCUT2D eigenvalue weighted by molar-refractivity contribution is 6.31. The fourth-order valence-corrected chi connectivity index (χ4v) is 3.02. The lowest BCUT2D eigenvalue weighted by molar-refractivity contribution is -0.122. The zero-order valence-electron chi connectivity index (χ0n) is 14.3. The molecule has 25 heavy (non-hydrogen) atoms. The van der Waals surface area contributed by atoms with Crippen molar-refractivity contribution >= 4 is 18.1 Å². The Balaban J connectivity index is 0.000000701. The maximum atomic E-state index is 8.36. The first kappa shape index (κ1) is 19.4. The summed E-state index contributed by atoms with van der Waals surface area (Å²) in [6.45, 7) is 5.26. The third-order valence-corrected chi connectivity index (χ3v) is 4.60. The van der Waals surface area contributed by atoms with Crippen LogP contribution >= 0.6 is 11.6 Å². The summed E-state index contributed by atoms with van der Waals surface area (Å²) in [4.78, 5) is 8.36. The summed E-state index contributed by atoms with van der Waals surface area (Å²) in [5.74, 6) is 0. The van der Waals surface area contributed by atoms with Crippen LogP contribution in [-0.4, -0.2) is 30.9 Å². The van der Waals surface area contributed by atoms with E-state index in [2.05, 4.69) is 36.5 Å². The van der Waals surface area contributed by atoms with Crippen molar-refractivity contribution in [3.05, 3.63) is 58.6 Å². The molecule has 1 fully saturated rings. The number of carboxylic acid groups (broad SMARTS) is 1. The van der Waals surface area contributed by atoms with Gasteiger partial charge in [-0.05, 0) is 48.2 Å². The van der Waals surface area contributed by atoms with Crippen LogP contribution in [0.2, 0.25) is 5.02 Å². The molecule has 2 unspecified atom stereocenters. The number of benzene rings is 2. The minimum Gasteiger partial charge on any atom is -0.483 e. The first-order valence-corrected chi connectivity index (χ1v) is 8.36. The van der Waals surface area contributed by atoms with Crippen molar-refractivity contribution in [3.63, 3.8) is 0 Å². The second kappa shape index (κ2) is 8.45. The van der Waals surface area contributed by atoms with E-state index < -0.39 is 5.60 Å². The van der Waals surface area contributed by atoms with Crippen molar-refractivity contribution in [3.8, 4) is 11.1 Å². The summed E-state index contributed by atoms with van der Waals surface area (Å²) in [5.41, 5.74) is 9.95. The first-order valence-electron chi connectivity index (χ1n) is 7.98. The molecule has 3 rings (SSSR count). The molecule has 6 heteroatoms. The molecule has 0 saturated carbocycles. The van der Waals surface area contributed by atoms with Crippen molar-refractivity contribution in [2.75, 3.05) is 13.1 Å². The quantitative estimate of drug-likeness (QED) is 0.715. The highest BCUT2D eigenvalue weighted by Gasteiger charge is 2.33. The second-order valence-electron chi connectivity index (χ2n) is 6.17. The van der Waals surface area contributed by atoms with E-state index in [4.69, 9.17) is 32.0 Å². The molecule has 2 aromatic rings. The molecule has 1 heterocycles. The van der Waals surface area contributed by atoms with Crippen LogP contribution in [-0.2, 0) is 15.1 Å². The average molecular weight is 363 g/mol. The SMILES string of the molecule is Cc1ccc(-c2cccc(C3(C)CNCC(N)O3)c2)cc1Cl.O=CO. The summed E-state index contributed by atoms with van der Waals surface area (Å²) >= 11 is 6.25. The number of rotatable bonds is 2. The summed E-state index contributed by atoms with van der Waals surface area (Å²) in [6.07, 6.45) is -0.281. The van der Waals surface area contributed by atoms with Crippen LogP contribution < -0.4 is 11.1 Å². The van der Waals surface area contributed by atoms with Gasteiger partial charge in [-0.1, -0.05) is 41.9 Å². The molecule has 4 N–H and O–H groups in total. The number of nitrogens with one attached hydrogen (secondary N) is 1. The van der Waals surface area contributed by atoms with Gasteiger partial charge in [0.15, 0.2) is 0 Å². The van der Waals surface area contributed by atoms with Crippen molar-refractivity contribution in [2.45, 2.75) is 25.7 Å². The molecule has 1 saturated heterocycles. The number of nitrogens with two attached hydrogens (primary N) is 1. The van der Waals surface area contributed by atoms with E-state index in [0.29, 0.717) is 6.54 Å². The van der Waals surface area contributed by atoms with Crippen molar-refractivity contribution in [2.24, 2.45) is 5.73 Å². The molecule has 0 radical (unpaired) electrons.